The first-order valence-corrected chi connectivity index (χ1v) is 14.6. The molecule has 1 N–H and O–H groups in total. The van der Waals surface area contributed by atoms with Gasteiger partial charge in [-0.1, -0.05) is 47.5 Å². The highest BCUT2D eigenvalue weighted by Crippen LogP contribution is 2.55. The van der Waals surface area contributed by atoms with Gasteiger partial charge in [-0.05, 0) is 73.2 Å². The Balaban J connectivity index is 1.59. The molecule has 4 atom stereocenters. The second-order valence-corrected chi connectivity index (χ2v) is 12.0. The number of halogens is 3. The summed E-state index contributed by atoms with van der Waals surface area (Å²) in [7, 11) is 1.38. The number of hydrogen-bond acceptors (Lipinski definition) is 5. The number of carbonyl (C=O) groups excluding carboxylic acids is 1. The molecule has 0 aliphatic carbocycles. The lowest BCUT2D eigenvalue weighted by atomic mass is 9.80. The fourth-order valence-corrected chi connectivity index (χ4v) is 6.95. The summed E-state index contributed by atoms with van der Waals surface area (Å²) >= 11 is 12.4. The van der Waals surface area contributed by atoms with Crippen LogP contribution in [0.2, 0.25) is 10.0 Å². The van der Waals surface area contributed by atoms with Gasteiger partial charge in [0.15, 0.2) is 5.72 Å². The molecule has 0 spiro atoms. The minimum atomic E-state index is -1.80. The van der Waals surface area contributed by atoms with Crippen LogP contribution in [0.25, 0.3) is 0 Å². The average molecular weight is 614 g/mol. The molecule has 0 saturated carbocycles. The molecule has 1 amide bonds. The van der Waals surface area contributed by atoms with Crippen LogP contribution in [0.5, 0.6) is 0 Å². The van der Waals surface area contributed by atoms with Crippen LogP contribution in [-0.2, 0) is 30.3 Å². The van der Waals surface area contributed by atoms with Crippen LogP contribution in [0.3, 0.4) is 0 Å². The standard InChI is InChI=1S/C32H30Cl2FNO6/c1-18(30(38)39)28(19-3-7-23(33)8-4-19)36-29(37)25-15-22(31(17-42-31)20-11-13-41-14-12-20)16-26(35)27(25)32(36,40-2)21-5-9-24(34)10-6-21/h3-10,15-16,18,20,28H,11-14,17H2,1-2H3,(H,38,39)/t18-,28-,31?,32+/m0/s1. The molecule has 0 aromatic heterocycles. The van der Waals surface area contributed by atoms with Gasteiger partial charge in [0.25, 0.3) is 5.91 Å². The Morgan fingerprint density at radius 1 is 1.05 bits per heavy atom. The Kier molecular flexibility index (Phi) is 7.56. The summed E-state index contributed by atoms with van der Waals surface area (Å²) in [6.07, 6.45) is 1.53. The highest BCUT2D eigenvalue weighted by Gasteiger charge is 2.60. The number of benzene rings is 3. The molecule has 1 unspecified atom stereocenters. The number of carboxylic acids is 1. The summed E-state index contributed by atoms with van der Waals surface area (Å²) in [5.41, 5.74) is -0.879. The number of carbonyl (C=O) groups is 2. The first-order chi connectivity index (χ1) is 20.1. The van der Waals surface area contributed by atoms with Crippen molar-refractivity contribution < 1.29 is 33.3 Å². The topological polar surface area (TPSA) is 88.6 Å². The Bertz CT molecular complexity index is 1520. The molecule has 220 valence electrons. The summed E-state index contributed by atoms with van der Waals surface area (Å²) in [5, 5.41) is 11.1. The lowest BCUT2D eigenvalue weighted by molar-refractivity contribution is -0.149. The number of rotatable bonds is 8. The van der Waals surface area contributed by atoms with Gasteiger partial charge in [-0.2, -0.15) is 0 Å². The Morgan fingerprint density at radius 3 is 2.19 bits per heavy atom. The summed E-state index contributed by atoms with van der Waals surface area (Å²) in [5.74, 6) is -3.32. The number of hydrogen-bond donors (Lipinski definition) is 1. The van der Waals surface area contributed by atoms with Crippen molar-refractivity contribution in [1.82, 2.24) is 4.90 Å². The third kappa shape index (κ3) is 4.52. The maximum absolute atomic E-state index is 16.6. The number of aliphatic carboxylic acids is 1. The number of methoxy groups -OCH3 is 1. The smallest absolute Gasteiger partial charge is 0.308 e. The van der Waals surface area contributed by atoms with Crippen LogP contribution in [0.15, 0.2) is 60.7 Å². The quantitative estimate of drug-likeness (QED) is 0.290. The molecular formula is C32H30Cl2FNO6. The largest absolute Gasteiger partial charge is 0.481 e. The Morgan fingerprint density at radius 2 is 1.64 bits per heavy atom. The second-order valence-electron chi connectivity index (χ2n) is 11.1. The highest BCUT2D eigenvalue weighted by atomic mass is 35.5. The summed E-state index contributed by atoms with van der Waals surface area (Å²) in [6, 6.07) is 15.2. The van der Waals surface area contributed by atoms with E-state index in [1.165, 1.54) is 25.0 Å². The van der Waals surface area contributed by atoms with E-state index in [1.807, 2.05) is 0 Å². The zero-order chi connectivity index (χ0) is 29.8. The molecule has 3 aliphatic rings. The minimum absolute atomic E-state index is 0.0143. The van der Waals surface area contributed by atoms with Gasteiger partial charge < -0.3 is 19.3 Å². The van der Waals surface area contributed by atoms with Crippen molar-refractivity contribution in [2.45, 2.75) is 37.1 Å². The summed E-state index contributed by atoms with van der Waals surface area (Å²) < 4.78 is 34.4. The van der Waals surface area contributed by atoms with Gasteiger partial charge >= 0.3 is 5.97 Å². The number of nitrogens with zero attached hydrogens (tertiary/aromatic N) is 1. The highest BCUT2D eigenvalue weighted by molar-refractivity contribution is 6.30. The molecule has 3 heterocycles. The van der Waals surface area contributed by atoms with Gasteiger partial charge in [-0.15, -0.1) is 0 Å². The Hall–Kier alpha value is -3.01. The van der Waals surface area contributed by atoms with Gasteiger partial charge in [-0.25, -0.2) is 4.39 Å². The third-order valence-corrected chi connectivity index (χ3v) is 9.43. The lowest BCUT2D eigenvalue weighted by Gasteiger charge is -2.44. The van der Waals surface area contributed by atoms with E-state index in [9.17, 15) is 14.7 Å². The Labute approximate surface area is 253 Å². The molecule has 6 rings (SSSR count). The van der Waals surface area contributed by atoms with Gasteiger partial charge in [0, 0.05) is 35.9 Å². The fraction of sp³-hybridized carbons (Fsp3) is 0.375. The van der Waals surface area contributed by atoms with E-state index in [-0.39, 0.29) is 17.0 Å². The second kappa shape index (κ2) is 10.9. The number of epoxide rings is 1. The van der Waals surface area contributed by atoms with Gasteiger partial charge in [0.05, 0.1) is 29.7 Å². The van der Waals surface area contributed by atoms with Crippen molar-refractivity contribution in [3.63, 3.8) is 0 Å². The van der Waals surface area contributed by atoms with Gasteiger partial charge in [0.2, 0.25) is 0 Å². The number of carboxylic acid groups (broad SMARTS) is 1. The zero-order valence-corrected chi connectivity index (χ0v) is 24.6. The van der Waals surface area contributed by atoms with Crippen LogP contribution in [0.1, 0.15) is 58.4 Å². The van der Waals surface area contributed by atoms with Crippen LogP contribution >= 0.6 is 23.2 Å². The van der Waals surface area contributed by atoms with Crippen LogP contribution in [0, 0.1) is 17.7 Å². The van der Waals surface area contributed by atoms with Crippen molar-refractivity contribution in [1.29, 1.82) is 0 Å². The number of fused-ring (bicyclic) bond motifs is 1. The molecule has 10 heteroatoms. The maximum atomic E-state index is 16.6. The van der Waals surface area contributed by atoms with Crippen LogP contribution < -0.4 is 0 Å². The first kappa shape index (κ1) is 29.1. The van der Waals surface area contributed by atoms with E-state index >= 15 is 4.39 Å². The van der Waals surface area contributed by atoms with Crippen molar-refractivity contribution in [2.24, 2.45) is 11.8 Å². The molecule has 3 aromatic rings. The van der Waals surface area contributed by atoms with Crippen molar-refractivity contribution >= 4 is 35.1 Å². The summed E-state index contributed by atoms with van der Waals surface area (Å²) in [4.78, 5) is 28.5. The van der Waals surface area contributed by atoms with Gasteiger partial charge in [-0.3, -0.25) is 14.5 Å². The van der Waals surface area contributed by atoms with E-state index in [0.717, 1.165) is 12.8 Å². The van der Waals surface area contributed by atoms with Crippen molar-refractivity contribution in [3.8, 4) is 0 Å². The minimum Gasteiger partial charge on any atom is -0.481 e. The number of ether oxygens (including phenoxy) is 3. The monoisotopic (exact) mass is 613 g/mol. The molecule has 0 radical (unpaired) electrons. The molecule has 7 nitrogen and oxygen atoms in total. The molecular weight excluding hydrogens is 584 g/mol. The van der Waals surface area contributed by atoms with E-state index in [0.29, 0.717) is 46.6 Å². The average Bonchev–Trinajstić information content (AvgIpc) is 3.76. The van der Waals surface area contributed by atoms with Crippen LogP contribution in [-0.4, -0.2) is 48.8 Å². The third-order valence-electron chi connectivity index (χ3n) is 8.93. The lowest BCUT2D eigenvalue weighted by Crippen LogP contribution is -2.51. The number of amides is 1. The molecule has 3 aromatic carbocycles. The van der Waals surface area contributed by atoms with Crippen molar-refractivity contribution in [3.05, 3.63) is 104 Å². The maximum Gasteiger partial charge on any atom is 0.308 e. The fourth-order valence-electron chi connectivity index (χ4n) is 6.69. The van der Waals surface area contributed by atoms with E-state index < -0.39 is 41.0 Å². The normalized spacial score (nSPS) is 25.3. The van der Waals surface area contributed by atoms with Crippen molar-refractivity contribution in [2.75, 3.05) is 26.9 Å². The van der Waals surface area contributed by atoms with Crippen LogP contribution in [0.4, 0.5) is 4.39 Å². The van der Waals surface area contributed by atoms with Gasteiger partial charge in [0.1, 0.15) is 11.4 Å². The van der Waals surface area contributed by atoms with E-state index in [1.54, 1.807) is 54.6 Å². The van der Waals surface area contributed by atoms with E-state index in [4.69, 9.17) is 37.4 Å². The van der Waals surface area contributed by atoms with E-state index in [2.05, 4.69) is 0 Å². The predicted octanol–water partition coefficient (Wildman–Crippen LogP) is 6.55. The summed E-state index contributed by atoms with van der Waals surface area (Å²) in [6.45, 7) is 3.12. The molecule has 42 heavy (non-hydrogen) atoms. The predicted molar refractivity (Wildman–Crippen MR) is 154 cm³/mol. The molecule has 2 saturated heterocycles. The molecule has 0 bridgehead atoms. The SMILES string of the molecule is CO[C@]1(c2ccc(Cl)cc2)c2c(F)cc(C3(C4CCOCC4)CO3)cc2C(=O)N1[C@H](c1ccc(Cl)cc1)[C@H](C)C(=O)O. The zero-order valence-electron chi connectivity index (χ0n) is 23.1. The molecule has 2 fully saturated rings. The molecule has 3 aliphatic heterocycles. The first-order valence-electron chi connectivity index (χ1n) is 13.8.